The van der Waals surface area contributed by atoms with Gasteiger partial charge in [-0.25, -0.2) is 12.8 Å². The lowest BCUT2D eigenvalue weighted by atomic mass is 10.3. The fraction of sp³-hybridized carbons (Fsp3) is 0.231. The third kappa shape index (κ3) is 4.05. The predicted octanol–water partition coefficient (Wildman–Crippen LogP) is 2.83. The van der Waals surface area contributed by atoms with Crippen LogP contribution in [0.3, 0.4) is 0 Å². The molecule has 0 aliphatic carbocycles. The quantitative estimate of drug-likeness (QED) is 0.726. The van der Waals surface area contributed by atoms with Gasteiger partial charge in [-0.15, -0.1) is 0 Å². The molecule has 0 fully saturated rings. The average molecular weight is 376 g/mol. The lowest BCUT2D eigenvalue weighted by Gasteiger charge is -2.07. The van der Waals surface area contributed by atoms with E-state index in [0.29, 0.717) is 11.0 Å². The summed E-state index contributed by atoms with van der Waals surface area (Å²) in [5, 5.41) is 3.08. The van der Waals surface area contributed by atoms with Crippen molar-refractivity contribution in [3.05, 3.63) is 46.4 Å². The standard InChI is InChI=1S/C13H15BrFN3O2S/c1-2-16-7-10-6-11(8-17-10)21(19,20)18-13-4-3-9(14)5-12(13)15/h3-6,8,16-18H,2,7H2,1H3. The van der Waals surface area contributed by atoms with Crippen LogP contribution < -0.4 is 10.0 Å². The summed E-state index contributed by atoms with van der Waals surface area (Å²) in [6.07, 6.45) is 1.38. The molecular weight excluding hydrogens is 361 g/mol. The van der Waals surface area contributed by atoms with Crippen LogP contribution in [-0.4, -0.2) is 19.9 Å². The minimum atomic E-state index is -3.82. The van der Waals surface area contributed by atoms with Gasteiger partial charge in [0.05, 0.1) is 5.69 Å². The van der Waals surface area contributed by atoms with Crippen LogP contribution in [0.4, 0.5) is 10.1 Å². The van der Waals surface area contributed by atoms with E-state index in [-0.39, 0.29) is 10.6 Å². The first-order chi connectivity index (χ1) is 9.92. The first-order valence-corrected chi connectivity index (χ1v) is 8.56. The molecule has 0 spiro atoms. The van der Waals surface area contributed by atoms with Crippen molar-refractivity contribution in [2.75, 3.05) is 11.3 Å². The van der Waals surface area contributed by atoms with E-state index in [9.17, 15) is 12.8 Å². The maximum absolute atomic E-state index is 13.7. The van der Waals surface area contributed by atoms with Crippen molar-refractivity contribution < 1.29 is 12.8 Å². The maximum atomic E-state index is 13.7. The van der Waals surface area contributed by atoms with Crippen LogP contribution in [0.1, 0.15) is 12.6 Å². The van der Waals surface area contributed by atoms with Crippen LogP contribution in [0, 0.1) is 5.82 Å². The topological polar surface area (TPSA) is 74.0 Å². The molecule has 2 rings (SSSR count). The molecule has 0 radical (unpaired) electrons. The molecule has 5 nitrogen and oxygen atoms in total. The van der Waals surface area contributed by atoms with Gasteiger partial charge in [-0.05, 0) is 30.8 Å². The first-order valence-electron chi connectivity index (χ1n) is 6.28. The van der Waals surface area contributed by atoms with E-state index in [4.69, 9.17) is 0 Å². The molecule has 2 aromatic rings. The summed E-state index contributed by atoms with van der Waals surface area (Å²) >= 11 is 3.12. The van der Waals surface area contributed by atoms with Crippen LogP contribution >= 0.6 is 15.9 Å². The fourth-order valence-corrected chi connectivity index (χ4v) is 3.13. The number of benzene rings is 1. The van der Waals surface area contributed by atoms with Crippen molar-refractivity contribution in [1.82, 2.24) is 10.3 Å². The highest BCUT2D eigenvalue weighted by Crippen LogP contribution is 2.22. The second kappa shape index (κ2) is 6.59. The summed E-state index contributed by atoms with van der Waals surface area (Å²) in [6.45, 7) is 3.28. The number of sulfonamides is 1. The molecule has 1 aromatic heterocycles. The Morgan fingerprint density at radius 2 is 2.10 bits per heavy atom. The number of hydrogen-bond acceptors (Lipinski definition) is 3. The molecule has 3 N–H and O–H groups in total. The maximum Gasteiger partial charge on any atom is 0.263 e. The van der Waals surface area contributed by atoms with E-state index in [1.807, 2.05) is 6.92 Å². The van der Waals surface area contributed by atoms with Gasteiger partial charge in [-0.2, -0.15) is 0 Å². The molecular formula is C13H15BrFN3O2S. The van der Waals surface area contributed by atoms with Crippen LogP contribution in [0.15, 0.2) is 39.8 Å². The molecule has 0 aliphatic heterocycles. The van der Waals surface area contributed by atoms with Crippen LogP contribution in [0.2, 0.25) is 0 Å². The Kier molecular flexibility index (Phi) is 5.02. The number of hydrogen-bond donors (Lipinski definition) is 3. The van der Waals surface area contributed by atoms with Gasteiger partial charge >= 0.3 is 0 Å². The van der Waals surface area contributed by atoms with Crippen molar-refractivity contribution in [2.24, 2.45) is 0 Å². The zero-order chi connectivity index (χ0) is 15.5. The van der Waals surface area contributed by atoms with Crippen molar-refractivity contribution in [3.63, 3.8) is 0 Å². The van der Waals surface area contributed by atoms with Gasteiger partial charge in [0, 0.05) is 22.9 Å². The van der Waals surface area contributed by atoms with Crippen LogP contribution in [0.5, 0.6) is 0 Å². The van der Waals surface area contributed by atoms with E-state index < -0.39 is 15.8 Å². The molecule has 0 atom stereocenters. The van der Waals surface area contributed by atoms with Gasteiger partial charge in [0.1, 0.15) is 10.7 Å². The highest BCUT2D eigenvalue weighted by molar-refractivity contribution is 9.10. The Morgan fingerprint density at radius 1 is 1.33 bits per heavy atom. The summed E-state index contributed by atoms with van der Waals surface area (Å²) in [4.78, 5) is 2.94. The molecule has 1 aromatic carbocycles. The number of aromatic nitrogens is 1. The lowest BCUT2D eigenvalue weighted by Crippen LogP contribution is -2.13. The number of halogens is 2. The van der Waals surface area contributed by atoms with Gasteiger partial charge in [-0.3, -0.25) is 4.72 Å². The SMILES string of the molecule is CCNCc1cc(S(=O)(=O)Nc2ccc(Br)cc2F)c[nH]1. The number of rotatable bonds is 6. The molecule has 21 heavy (non-hydrogen) atoms. The predicted molar refractivity (Wildman–Crippen MR) is 83.1 cm³/mol. The number of anilines is 1. The van der Waals surface area contributed by atoms with E-state index in [1.165, 1.54) is 24.4 Å². The summed E-state index contributed by atoms with van der Waals surface area (Å²) in [5.41, 5.74) is 0.654. The van der Waals surface area contributed by atoms with Crippen molar-refractivity contribution in [1.29, 1.82) is 0 Å². The molecule has 8 heteroatoms. The van der Waals surface area contributed by atoms with Gasteiger partial charge < -0.3 is 10.3 Å². The molecule has 0 amide bonds. The molecule has 0 unspecified atom stereocenters. The Hall–Kier alpha value is -1.38. The molecule has 0 saturated heterocycles. The van der Waals surface area contributed by atoms with Gasteiger partial charge in [0.15, 0.2) is 0 Å². The third-order valence-corrected chi connectivity index (χ3v) is 4.61. The zero-order valence-corrected chi connectivity index (χ0v) is 13.7. The highest BCUT2D eigenvalue weighted by Gasteiger charge is 2.18. The minimum absolute atomic E-state index is 0.0673. The van der Waals surface area contributed by atoms with Crippen molar-refractivity contribution in [2.45, 2.75) is 18.4 Å². The normalized spacial score (nSPS) is 11.6. The average Bonchev–Trinajstić information content (AvgIpc) is 2.89. The van der Waals surface area contributed by atoms with E-state index in [0.717, 1.165) is 12.2 Å². The van der Waals surface area contributed by atoms with Crippen LogP contribution in [0.25, 0.3) is 0 Å². The molecule has 1 heterocycles. The smallest absolute Gasteiger partial charge is 0.263 e. The lowest BCUT2D eigenvalue weighted by molar-refractivity contribution is 0.598. The Balaban J connectivity index is 2.19. The van der Waals surface area contributed by atoms with E-state index in [2.05, 4.69) is 31.0 Å². The largest absolute Gasteiger partial charge is 0.363 e. The summed E-state index contributed by atoms with van der Waals surface area (Å²) < 4.78 is 40.9. The van der Waals surface area contributed by atoms with E-state index >= 15 is 0 Å². The number of aromatic amines is 1. The number of nitrogens with one attached hydrogen (secondary N) is 3. The van der Waals surface area contributed by atoms with Gasteiger partial charge in [0.2, 0.25) is 0 Å². The third-order valence-electron chi connectivity index (χ3n) is 2.77. The second-order valence-corrected chi connectivity index (χ2v) is 6.97. The summed E-state index contributed by atoms with van der Waals surface area (Å²) in [7, 11) is -3.82. The summed E-state index contributed by atoms with van der Waals surface area (Å²) in [6, 6.07) is 5.64. The fourth-order valence-electron chi connectivity index (χ4n) is 1.71. The molecule has 0 bridgehead atoms. The van der Waals surface area contributed by atoms with Crippen molar-refractivity contribution in [3.8, 4) is 0 Å². The van der Waals surface area contributed by atoms with E-state index in [1.54, 1.807) is 6.07 Å². The Morgan fingerprint density at radius 3 is 2.76 bits per heavy atom. The highest BCUT2D eigenvalue weighted by atomic mass is 79.9. The Labute approximate surface area is 131 Å². The second-order valence-electron chi connectivity index (χ2n) is 4.37. The molecule has 0 aliphatic rings. The van der Waals surface area contributed by atoms with Gasteiger partial charge in [0.25, 0.3) is 10.0 Å². The van der Waals surface area contributed by atoms with Crippen LogP contribution in [-0.2, 0) is 16.6 Å². The number of H-pyrrole nitrogens is 1. The monoisotopic (exact) mass is 375 g/mol. The summed E-state index contributed by atoms with van der Waals surface area (Å²) in [5.74, 6) is -0.642. The van der Waals surface area contributed by atoms with Gasteiger partial charge in [-0.1, -0.05) is 22.9 Å². The zero-order valence-electron chi connectivity index (χ0n) is 11.3. The minimum Gasteiger partial charge on any atom is -0.363 e. The molecule has 0 saturated carbocycles. The molecule has 114 valence electrons. The van der Waals surface area contributed by atoms with Crippen molar-refractivity contribution >= 4 is 31.6 Å². The first kappa shape index (κ1) is 16.0. The Bertz CT molecular complexity index is 731.